The summed E-state index contributed by atoms with van der Waals surface area (Å²) in [5.74, 6) is -0.480. The van der Waals surface area contributed by atoms with Gasteiger partial charge in [0.2, 0.25) is 0 Å². The van der Waals surface area contributed by atoms with Crippen molar-refractivity contribution in [2.45, 2.75) is 13.8 Å². The molecule has 1 aromatic rings. The quantitative estimate of drug-likeness (QED) is 0.609. The zero-order chi connectivity index (χ0) is 14.4. The van der Waals surface area contributed by atoms with Gasteiger partial charge in [-0.2, -0.15) is 0 Å². The van der Waals surface area contributed by atoms with Gasteiger partial charge in [-0.25, -0.2) is 0 Å². The van der Waals surface area contributed by atoms with Crippen molar-refractivity contribution in [3.05, 3.63) is 58.2 Å². The van der Waals surface area contributed by atoms with Crippen LogP contribution in [0.2, 0.25) is 0 Å². The Bertz CT molecular complexity index is 773. The summed E-state index contributed by atoms with van der Waals surface area (Å²) in [5, 5.41) is 0. The van der Waals surface area contributed by atoms with Gasteiger partial charge in [0.25, 0.3) is 0 Å². The predicted molar refractivity (Wildman–Crippen MR) is 76.2 cm³/mol. The molecule has 0 fully saturated rings. The monoisotopic (exact) mass is 264 g/mol. The number of ketones is 3. The summed E-state index contributed by atoms with van der Waals surface area (Å²) in [5.41, 5.74) is 3.97. The third-order valence-corrected chi connectivity index (χ3v) is 3.62. The fourth-order valence-electron chi connectivity index (χ4n) is 2.56. The number of allylic oxidation sites excluding steroid dienone is 5. The number of hydrogen-bond acceptors (Lipinski definition) is 3. The summed E-state index contributed by atoms with van der Waals surface area (Å²) in [4.78, 5) is 35.1. The van der Waals surface area contributed by atoms with E-state index in [0.717, 1.165) is 16.7 Å². The molecule has 0 saturated heterocycles. The van der Waals surface area contributed by atoms with Gasteiger partial charge in [-0.1, -0.05) is 18.2 Å². The topological polar surface area (TPSA) is 51.2 Å². The van der Waals surface area contributed by atoms with Gasteiger partial charge in [0.15, 0.2) is 17.3 Å². The fourth-order valence-corrected chi connectivity index (χ4v) is 2.56. The largest absolute Gasteiger partial charge is 0.295 e. The van der Waals surface area contributed by atoms with Crippen molar-refractivity contribution in [1.29, 1.82) is 0 Å². The summed E-state index contributed by atoms with van der Waals surface area (Å²) in [6.07, 6.45) is 5.13. The van der Waals surface area contributed by atoms with Crippen molar-refractivity contribution in [3.63, 3.8) is 0 Å². The Morgan fingerprint density at radius 2 is 1.70 bits per heavy atom. The Kier molecular flexibility index (Phi) is 2.64. The van der Waals surface area contributed by atoms with Crippen LogP contribution >= 0.6 is 0 Å². The second-order valence-corrected chi connectivity index (χ2v) is 4.96. The molecule has 0 saturated carbocycles. The summed E-state index contributed by atoms with van der Waals surface area (Å²) < 4.78 is 0. The number of Topliss-reactive ketones (excluding diaryl/α,β-unsaturated/α-hetero) is 3. The lowest BCUT2D eigenvalue weighted by molar-refractivity contribution is -0.118. The lowest BCUT2D eigenvalue weighted by Gasteiger charge is -2.12. The average Bonchev–Trinajstić information content (AvgIpc) is 2.77. The maximum Gasteiger partial charge on any atom is 0.197 e. The molecule has 0 N–H and O–H groups in total. The van der Waals surface area contributed by atoms with Crippen LogP contribution in [0.1, 0.15) is 35.3 Å². The Morgan fingerprint density at radius 3 is 2.35 bits per heavy atom. The molecule has 98 valence electrons. The van der Waals surface area contributed by atoms with Gasteiger partial charge in [0.1, 0.15) is 0 Å². The fraction of sp³-hybridized carbons (Fsp3) is 0.118. The van der Waals surface area contributed by atoms with E-state index in [1.165, 1.54) is 13.8 Å². The van der Waals surface area contributed by atoms with Crippen LogP contribution in [-0.2, 0) is 9.59 Å². The molecule has 3 nitrogen and oxygen atoms in total. The maximum absolute atomic E-state index is 12.3. The van der Waals surface area contributed by atoms with Crippen LogP contribution in [0.5, 0.6) is 0 Å². The molecule has 0 spiro atoms. The van der Waals surface area contributed by atoms with E-state index in [4.69, 9.17) is 0 Å². The normalized spacial score (nSPS) is 15.9. The minimum absolute atomic E-state index is 0.0103. The third kappa shape index (κ3) is 1.71. The van der Waals surface area contributed by atoms with Crippen LogP contribution < -0.4 is 0 Å². The molecule has 2 aliphatic rings. The second-order valence-electron chi connectivity index (χ2n) is 4.96. The molecule has 0 aliphatic heterocycles. The lowest BCUT2D eigenvalue weighted by Crippen LogP contribution is -2.14. The summed E-state index contributed by atoms with van der Waals surface area (Å²) in [6.45, 7) is 2.90. The number of carbonyl (C=O) groups is 3. The Labute approximate surface area is 116 Å². The molecule has 0 radical (unpaired) electrons. The molecule has 0 atom stereocenters. The average molecular weight is 264 g/mol. The second kappa shape index (κ2) is 4.23. The Balaban J connectivity index is 2.14. The molecular formula is C17H12O3. The van der Waals surface area contributed by atoms with Crippen molar-refractivity contribution in [3.8, 4) is 0 Å². The molecule has 0 amide bonds. The first-order valence-corrected chi connectivity index (χ1v) is 6.34. The highest BCUT2D eigenvalue weighted by Crippen LogP contribution is 2.39. The van der Waals surface area contributed by atoms with Crippen LogP contribution in [0.4, 0.5) is 0 Å². The number of hydrogen-bond donors (Lipinski definition) is 0. The number of rotatable bonds is 2. The van der Waals surface area contributed by atoms with E-state index >= 15 is 0 Å². The standard InChI is InChI=1S/C17H12O3/c1-9(18)11-3-4-14-12(7-11)8-16-15(14)6-5-13(10(2)19)17(16)20/h3-8H,1-2H3. The van der Waals surface area contributed by atoms with Crippen molar-refractivity contribution in [2.24, 2.45) is 0 Å². The van der Waals surface area contributed by atoms with Gasteiger partial charge in [-0.15, -0.1) is 0 Å². The molecule has 3 rings (SSSR count). The van der Waals surface area contributed by atoms with Gasteiger partial charge in [-0.3, -0.25) is 14.4 Å². The van der Waals surface area contributed by atoms with Crippen LogP contribution in [0, 0.1) is 0 Å². The lowest BCUT2D eigenvalue weighted by atomic mass is 9.89. The zero-order valence-electron chi connectivity index (χ0n) is 11.2. The molecule has 0 heterocycles. The van der Waals surface area contributed by atoms with E-state index in [1.807, 2.05) is 6.07 Å². The Morgan fingerprint density at radius 1 is 0.950 bits per heavy atom. The van der Waals surface area contributed by atoms with Gasteiger partial charge in [0, 0.05) is 11.1 Å². The zero-order valence-corrected chi connectivity index (χ0v) is 11.2. The first-order chi connectivity index (χ1) is 9.49. The van der Waals surface area contributed by atoms with Crippen molar-refractivity contribution in [2.75, 3.05) is 0 Å². The SMILES string of the molecule is CC(=O)C1=CC=C2C(=Cc3cc(C(C)=O)ccc32)C1=O. The molecule has 2 aliphatic carbocycles. The van der Waals surface area contributed by atoms with Gasteiger partial charge >= 0.3 is 0 Å². The van der Waals surface area contributed by atoms with E-state index < -0.39 is 0 Å². The van der Waals surface area contributed by atoms with E-state index in [0.29, 0.717) is 11.1 Å². The molecule has 0 unspecified atom stereocenters. The number of fused-ring (bicyclic) bond motifs is 3. The number of benzene rings is 1. The first-order valence-electron chi connectivity index (χ1n) is 6.34. The van der Waals surface area contributed by atoms with Crippen LogP contribution in [-0.4, -0.2) is 17.3 Å². The molecule has 0 bridgehead atoms. The first kappa shape index (κ1) is 12.5. The molecule has 20 heavy (non-hydrogen) atoms. The van der Waals surface area contributed by atoms with Crippen LogP contribution in [0.25, 0.3) is 11.6 Å². The highest BCUT2D eigenvalue weighted by atomic mass is 16.1. The third-order valence-electron chi connectivity index (χ3n) is 3.62. The smallest absolute Gasteiger partial charge is 0.197 e. The summed E-state index contributed by atoms with van der Waals surface area (Å²) >= 11 is 0. The van der Waals surface area contributed by atoms with E-state index in [2.05, 4.69) is 0 Å². The Hall–Kier alpha value is -2.55. The summed E-state index contributed by atoms with van der Waals surface area (Å²) in [7, 11) is 0. The van der Waals surface area contributed by atoms with Crippen molar-refractivity contribution < 1.29 is 14.4 Å². The van der Waals surface area contributed by atoms with Gasteiger partial charge in [-0.05, 0) is 48.8 Å². The molecule has 0 aromatic heterocycles. The van der Waals surface area contributed by atoms with Crippen LogP contribution in [0.15, 0.2) is 41.5 Å². The molecule has 3 heteroatoms. The highest BCUT2D eigenvalue weighted by molar-refractivity contribution is 6.34. The van der Waals surface area contributed by atoms with Gasteiger partial charge in [0.05, 0.1) is 5.57 Å². The molecule has 1 aromatic carbocycles. The number of carbonyl (C=O) groups excluding carboxylic acids is 3. The van der Waals surface area contributed by atoms with Gasteiger partial charge < -0.3 is 0 Å². The van der Waals surface area contributed by atoms with Crippen molar-refractivity contribution >= 4 is 29.0 Å². The maximum atomic E-state index is 12.3. The van der Waals surface area contributed by atoms with Crippen molar-refractivity contribution in [1.82, 2.24) is 0 Å². The van der Waals surface area contributed by atoms with E-state index in [9.17, 15) is 14.4 Å². The van der Waals surface area contributed by atoms with E-state index in [1.54, 1.807) is 30.4 Å². The minimum atomic E-state index is -0.240. The highest BCUT2D eigenvalue weighted by Gasteiger charge is 2.30. The predicted octanol–water partition coefficient (Wildman–Crippen LogP) is 2.77. The molecular weight excluding hydrogens is 252 g/mol. The van der Waals surface area contributed by atoms with E-state index in [-0.39, 0.29) is 22.9 Å². The summed E-state index contributed by atoms with van der Waals surface area (Å²) in [6, 6.07) is 5.39. The minimum Gasteiger partial charge on any atom is -0.295 e. The van der Waals surface area contributed by atoms with Crippen LogP contribution in [0.3, 0.4) is 0 Å².